The van der Waals surface area contributed by atoms with Gasteiger partial charge >= 0.3 is 0 Å². The van der Waals surface area contributed by atoms with E-state index in [-0.39, 0.29) is 0 Å². The second kappa shape index (κ2) is 6.02. The van der Waals surface area contributed by atoms with Crippen LogP contribution in [-0.2, 0) is 0 Å². The summed E-state index contributed by atoms with van der Waals surface area (Å²) in [5.41, 5.74) is 3.67. The number of nitrogens with zero attached hydrogens (tertiary/aromatic N) is 5. The first kappa shape index (κ1) is 14.3. The van der Waals surface area contributed by atoms with E-state index in [9.17, 15) is 5.26 Å². The van der Waals surface area contributed by atoms with Crippen LogP contribution >= 0.6 is 0 Å². The van der Waals surface area contributed by atoms with Crippen LogP contribution in [0.25, 0.3) is 0 Å². The van der Waals surface area contributed by atoms with Crippen molar-refractivity contribution in [1.82, 2.24) is 9.97 Å². The molecule has 0 amide bonds. The van der Waals surface area contributed by atoms with Gasteiger partial charge in [-0.2, -0.15) is 5.26 Å². The molecule has 0 unspecified atom stereocenters. The Labute approximate surface area is 130 Å². The summed E-state index contributed by atoms with van der Waals surface area (Å²) in [6.45, 7) is 7.51. The fourth-order valence-corrected chi connectivity index (χ4v) is 2.83. The van der Waals surface area contributed by atoms with Crippen molar-refractivity contribution in [3.05, 3.63) is 47.4 Å². The average molecular weight is 293 g/mol. The molecule has 0 spiro atoms. The Morgan fingerprint density at radius 2 is 1.73 bits per heavy atom. The molecule has 1 aromatic heterocycles. The first-order chi connectivity index (χ1) is 10.7. The number of aromatic nitrogens is 2. The SMILES string of the molecule is Cc1cnc(C)c(N2CCN(c3ccccc3C#N)CC2)n1. The smallest absolute Gasteiger partial charge is 0.150 e. The highest BCUT2D eigenvalue weighted by Crippen LogP contribution is 2.23. The van der Waals surface area contributed by atoms with Gasteiger partial charge in [0.1, 0.15) is 11.9 Å². The van der Waals surface area contributed by atoms with Gasteiger partial charge < -0.3 is 9.80 Å². The van der Waals surface area contributed by atoms with Crippen molar-refractivity contribution in [2.24, 2.45) is 0 Å². The van der Waals surface area contributed by atoms with Gasteiger partial charge in [-0.3, -0.25) is 4.98 Å². The lowest BCUT2D eigenvalue weighted by Gasteiger charge is -2.37. The maximum atomic E-state index is 9.24. The highest BCUT2D eigenvalue weighted by molar-refractivity contribution is 5.60. The second-order valence-corrected chi connectivity index (χ2v) is 5.52. The van der Waals surface area contributed by atoms with E-state index in [1.807, 2.05) is 38.1 Å². The van der Waals surface area contributed by atoms with Crippen molar-refractivity contribution < 1.29 is 0 Å². The van der Waals surface area contributed by atoms with Gasteiger partial charge in [0.25, 0.3) is 0 Å². The molecule has 1 aromatic carbocycles. The molecule has 3 rings (SSSR count). The van der Waals surface area contributed by atoms with E-state index in [0.717, 1.165) is 54.6 Å². The lowest BCUT2D eigenvalue weighted by atomic mass is 10.1. The lowest BCUT2D eigenvalue weighted by molar-refractivity contribution is 0.643. The number of para-hydroxylation sites is 1. The molecule has 2 heterocycles. The summed E-state index contributed by atoms with van der Waals surface area (Å²) in [5, 5.41) is 9.24. The van der Waals surface area contributed by atoms with Gasteiger partial charge in [-0.15, -0.1) is 0 Å². The van der Waals surface area contributed by atoms with Gasteiger partial charge in [0.15, 0.2) is 0 Å². The third-order valence-electron chi connectivity index (χ3n) is 4.00. The maximum absolute atomic E-state index is 9.24. The predicted molar refractivity (Wildman–Crippen MR) is 87.1 cm³/mol. The molecule has 5 heteroatoms. The highest BCUT2D eigenvalue weighted by Gasteiger charge is 2.21. The fraction of sp³-hybridized carbons (Fsp3) is 0.353. The molecule has 0 atom stereocenters. The quantitative estimate of drug-likeness (QED) is 0.850. The largest absolute Gasteiger partial charge is 0.367 e. The van der Waals surface area contributed by atoms with E-state index >= 15 is 0 Å². The molecule has 0 radical (unpaired) electrons. The Kier molecular flexibility index (Phi) is 3.92. The van der Waals surface area contributed by atoms with Crippen molar-refractivity contribution in [3.8, 4) is 6.07 Å². The van der Waals surface area contributed by atoms with Crippen molar-refractivity contribution in [2.75, 3.05) is 36.0 Å². The minimum Gasteiger partial charge on any atom is -0.367 e. The van der Waals surface area contributed by atoms with Crippen LogP contribution in [0.5, 0.6) is 0 Å². The normalized spacial score (nSPS) is 14.8. The zero-order valence-corrected chi connectivity index (χ0v) is 13.0. The van der Waals surface area contributed by atoms with Gasteiger partial charge in [-0.05, 0) is 26.0 Å². The minimum atomic E-state index is 0.738. The van der Waals surface area contributed by atoms with Crippen LogP contribution in [0.1, 0.15) is 17.0 Å². The molecular weight excluding hydrogens is 274 g/mol. The predicted octanol–water partition coefficient (Wildman–Crippen LogP) is 2.29. The first-order valence-electron chi connectivity index (χ1n) is 7.48. The van der Waals surface area contributed by atoms with Gasteiger partial charge in [0.2, 0.25) is 0 Å². The molecule has 0 N–H and O–H groups in total. The molecule has 0 saturated carbocycles. The third kappa shape index (κ3) is 2.73. The van der Waals surface area contributed by atoms with Crippen LogP contribution in [-0.4, -0.2) is 36.1 Å². The molecular formula is C17H19N5. The number of hydrogen-bond acceptors (Lipinski definition) is 5. The van der Waals surface area contributed by atoms with Crippen LogP contribution in [0, 0.1) is 25.2 Å². The van der Waals surface area contributed by atoms with Crippen LogP contribution in [0.2, 0.25) is 0 Å². The summed E-state index contributed by atoms with van der Waals surface area (Å²) >= 11 is 0. The summed E-state index contributed by atoms with van der Waals surface area (Å²) in [5.74, 6) is 0.980. The molecule has 22 heavy (non-hydrogen) atoms. The molecule has 0 bridgehead atoms. The molecule has 5 nitrogen and oxygen atoms in total. The number of piperazine rings is 1. The van der Waals surface area contributed by atoms with Crippen LogP contribution in [0.3, 0.4) is 0 Å². The van der Waals surface area contributed by atoms with Crippen LogP contribution in [0.15, 0.2) is 30.5 Å². The monoisotopic (exact) mass is 293 g/mol. The Morgan fingerprint density at radius 1 is 1.05 bits per heavy atom. The topological polar surface area (TPSA) is 56.1 Å². The van der Waals surface area contributed by atoms with Crippen molar-refractivity contribution >= 4 is 11.5 Å². The number of anilines is 2. The van der Waals surface area contributed by atoms with Crippen molar-refractivity contribution in [3.63, 3.8) is 0 Å². The number of rotatable bonds is 2. The molecule has 112 valence electrons. The van der Waals surface area contributed by atoms with Crippen LogP contribution in [0.4, 0.5) is 11.5 Å². The number of hydrogen-bond donors (Lipinski definition) is 0. The second-order valence-electron chi connectivity index (χ2n) is 5.52. The van der Waals surface area contributed by atoms with E-state index in [2.05, 4.69) is 25.8 Å². The Hall–Kier alpha value is -2.61. The third-order valence-corrected chi connectivity index (χ3v) is 4.00. The molecule has 2 aromatic rings. The first-order valence-corrected chi connectivity index (χ1v) is 7.48. The fourth-order valence-electron chi connectivity index (χ4n) is 2.83. The van der Waals surface area contributed by atoms with Crippen molar-refractivity contribution in [2.45, 2.75) is 13.8 Å². The Balaban J connectivity index is 1.75. The van der Waals surface area contributed by atoms with Gasteiger partial charge in [-0.25, -0.2) is 4.98 Å². The minimum absolute atomic E-state index is 0.738. The molecule has 1 fully saturated rings. The summed E-state index contributed by atoms with van der Waals surface area (Å²) < 4.78 is 0. The highest BCUT2D eigenvalue weighted by atomic mass is 15.3. The molecule has 1 saturated heterocycles. The van der Waals surface area contributed by atoms with Crippen LogP contribution < -0.4 is 9.80 Å². The Bertz CT molecular complexity index is 711. The van der Waals surface area contributed by atoms with Gasteiger partial charge in [0, 0.05) is 32.4 Å². The van der Waals surface area contributed by atoms with Crippen molar-refractivity contribution in [1.29, 1.82) is 5.26 Å². The van der Waals surface area contributed by atoms with E-state index in [1.54, 1.807) is 6.20 Å². The molecule has 1 aliphatic heterocycles. The Morgan fingerprint density at radius 3 is 2.45 bits per heavy atom. The maximum Gasteiger partial charge on any atom is 0.150 e. The zero-order valence-electron chi connectivity index (χ0n) is 13.0. The lowest BCUT2D eigenvalue weighted by Crippen LogP contribution is -2.47. The number of benzene rings is 1. The summed E-state index contributed by atoms with van der Waals surface area (Å²) in [4.78, 5) is 13.6. The summed E-state index contributed by atoms with van der Waals surface area (Å²) in [7, 11) is 0. The number of aryl methyl sites for hydroxylation is 2. The zero-order chi connectivity index (χ0) is 15.5. The summed E-state index contributed by atoms with van der Waals surface area (Å²) in [6.07, 6.45) is 1.80. The molecule has 1 aliphatic rings. The van der Waals surface area contributed by atoms with E-state index in [4.69, 9.17) is 0 Å². The molecule has 0 aliphatic carbocycles. The standard InChI is InChI=1S/C17H19N5/c1-13-12-19-14(2)17(20-13)22-9-7-21(8-10-22)16-6-4-3-5-15(16)11-18/h3-6,12H,7-10H2,1-2H3. The van der Waals surface area contributed by atoms with Gasteiger partial charge in [0.05, 0.1) is 22.6 Å². The average Bonchev–Trinajstić information content (AvgIpc) is 2.57. The number of nitriles is 1. The van der Waals surface area contributed by atoms with E-state index in [0.29, 0.717) is 0 Å². The van der Waals surface area contributed by atoms with E-state index in [1.165, 1.54) is 0 Å². The summed E-state index contributed by atoms with van der Waals surface area (Å²) in [6, 6.07) is 10.1. The van der Waals surface area contributed by atoms with Gasteiger partial charge in [-0.1, -0.05) is 12.1 Å². The van der Waals surface area contributed by atoms with E-state index < -0.39 is 0 Å².